The van der Waals surface area contributed by atoms with Gasteiger partial charge in [-0.15, -0.1) is 0 Å². The van der Waals surface area contributed by atoms with Crippen molar-refractivity contribution in [3.63, 3.8) is 0 Å². The number of amides is 2. The van der Waals surface area contributed by atoms with Gasteiger partial charge < -0.3 is 15.0 Å². The fourth-order valence-corrected chi connectivity index (χ4v) is 3.16. The largest absolute Gasteiger partial charge is 0.495 e. The summed E-state index contributed by atoms with van der Waals surface area (Å²) in [6.07, 6.45) is -0.144. The summed E-state index contributed by atoms with van der Waals surface area (Å²) in [7, 11) is 1.44. The summed E-state index contributed by atoms with van der Waals surface area (Å²) in [6.45, 7) is 1.66. The predicted octanol–water partition coefficient (Wildman–Crippen LogP) is 3.93. The Morgan fingerprint density at radius 3 is 2.59 bits per heavy atom. The summed E-state index contributed by atoms with van der Waals surface area (Å²) in [6, 6.07) is 6.59. The first-order chi connectivity index (χ1) is 12.8. The van der Waals surface area contributed by atoms with Crippen molar-refractivity contribution < 1.29 is 23.1 Å². The maximum Gasteiger partial charge on any atom is 0.229 e. The molecule has 1 unspecified atom stereocenters. The van der Waals surface area contributed by atoms with Crippen LogP contribution in [0.5, 0.6) is 5.75 Å². The molecule has 8 heteroatoms. The van der Waals surface area contributed by atoms with Crippen molar-refractivity contribution in [2.24, 2.45) is 5.92 Å². The second kappa shape index (κ2) is 7.52. The third-order valence-corrected chi connectivity index (χ3v) is 4.85. The van der Waals surface area contributed by atoms with Crippen LogP contribution >= 0.6 is 11.6 Å². The highest BCUT2D eigenvalue weighted by atomic mass is 35.5. The van der Waals surface area contributed by atoms with Gasteiger partial charge in [-0.25, -0.2) is 8.78 Å². The van der Waals surface area contributed by atoms with E-state index in [1.54, 1.807) is 19.1 Å². The minimum Gasteiger partial charge on any atom is -0.495 e. The molecule has 1 aliphatic rings. The number of nitrogens with zero attached hydrogens (tertiary/aromatic N) is 1. The fourth-order valence-electron chi connectivity index (χ4n) is 3.01. The summed E-state index contributed by atoms with van der Waals surface area (Å²) in [5.41, 5.74) is 0.718. The van der Waals surface area contributed by atoms with Crippen molar-refractivity contribution in [3.05, 3.63) is 52.6 Å². The lowest BCUT2D eigenvalue weighted by Gasteiger charge is -2.18. The Hall–Kier alpha value is -2.67. The molecule has 2 amide bonds. The van der Waals surface area contributed by atoms with Crippen LogP contribution in [0.25, 0.3) is 0 Å². The van der Waals surface area contributed by atoms with E-state index in [0.717, 1.165) is 22.6 Å². The second-order valence-corrected chi connectivity index (χ2v) is 6.67. The number of benzene rings is 2. The summed E-state index contributed by atoms with van der Waals surface area (Å²) in [4.78, 5) is 25.8. The molecule has 2 aromatic rings. The van der Waals surface area contributed by atoms with Gasteiger partial charge in [-0.3, -0.25) is 9.59 Å². The molecule has 1 aliphatic heterocycles. The standard InChI is InChI=1S/C19H17ClF2N2O3/c1-10-6-15(16(27-2)8-12(10)20)23-19(26)11-7-17(25)24(9-11)18-13(21)4-3-5-14(18)22/h3-6,8,11H,7,9H2,1-2H3,(H,23,26). The van der Waals surface area contributed by atoms with Crippen LogP contribution in [0.15, 0.2) is 30.3 Å². The Kier molecular flexibility index (Phi) is 5.32. The summed E-state index contributed by atoms with van der Waals surface area (Å²) in [5.74, 6) is -3.03. The number of ether oxygens (including phenoxy) is 1. The zero-order chi connectivity index (χ0) is 19.7. The van der Waals surface area contributed by atoms with E-state index in [0.29, 0.717) is 16.5 Å². The summed E-state index contributed by atoms with van der Waals surface area (Å²) >= 11 is 6.05. The Bertz CT molecular complexity index is 900. The van der Waals surface area contributed by atoms with Gasteiger partial charge in [-0.1, -0.05) is 17.7 Å². The number of para-hydroxylation sites is 1. The Labute approximate surface area is 159 Å². The van der Waals surface area contributed by atoms with Gasteiger partial charge in [-0.2, -0.15) is 0 Å². The van der Waals surface area contributed by atoms with E-state index >= 15 is 0 Å². The number of hydrogen-bond acceptors (Lipinski definition) is 3. The van der Waals surface area contributed by atoms with Crippen molar-refractivity contribution in [1.29, 1.82) is 0 Å². The van der Waals surface area contributed by atoms with Gasteiger partial charge in [-0.05, 0) is 30.7 Å². The number of anilines is 2. The molecule has 1 heterocycles. The molecule has 5 nitrogen and oxygen atoms in total. The lowest BCUT2D eigenvalue weighted by molar-refractivity contribution is -0.122. The summed E-state index contributed by atoms with van der Waals surface area (Å²) in [5, 5.41) is 3.19. The maximum atomic E-state index is 14.0. The van der Waals surface area contributed by atoms with Gasteiger partial charge in [0.1, 0.15) is 23.1 Å². The SMILES string of the molecule is COc1cc(Cl)c(C)cc1NC(=O)C1CC(=O)N(c2c(F)cccc2F)C1. The molecule has 0 spiro atoms. The van der Waals surface area contributed by atoms with Gasteiger partial charge >= 0.3 is 0 Å². The fraction of sp³-hybridized carbons (Fsp3) is 0.263. The molecule has 142 valence electrons. The first-order valence-corrected chi connectivity index (χ1v) is 8.59. The molecular formula is C19H17ClF2N2O3. The van der Waals surface area contributed by atoms with E-state index in [9.17, 15) is 18.4 Å². The molecule has 2 aromatic carbocycles. The third-order valence-electron chi connectivity index (χ3n) is 4.44. The highest BCUT2D eigenvalue weighted by Gasteiger charge is 2.37. The van der Waals surface area contributed by atoms with Crippen LogP contribution in [-0.2, 0) is 9.59 Å². The lowest BCUT2D eigenvalue weighted by atomic mass is 10.1. The van der Waals surface area contributed by atoms with E-state index in [2.05, 4.69) is 5.32 Å². The molecule has 27 heavy (non-hydrogen) atoms. The van der Waals surface area contributed by atoms with Crippen molar-refractivity contribution in [2.75, 3.05) is 23.9 Å². The van der Waals surface area contributed by atoms with E-state index in [-0.39, 0.29) is 13.0 Å². The minimum atomic E-state index is -0.848. The normalized spacial score (nSPS) is 16.6. The topological polar surface area (TPSA) is 58.6 Å². The van der Waals surface area contributed by atoms with Crippen LogP contribution in [0.2, 0.25) is 5.02 Å². The van der Waals surface area contributed by atoms with Crippen molar-refractivity contribution in [3.8, 4) is 5.75 Å². The molecule has 1 atom stereocenters. The molecule has 0 aromatic heterocycles. The summed E-state index contributed by atoms with van der Waals surface area (Å²) < 4.78 is 33.1. The number of nitrogens with one attached hydrogen (secondary N) is 1. The van der Waals surface area contributed by atoms with Crippen LogP contribution in [0, 0.1) is 24.5 Å². The van der Waals surface area contributed by atoms with Crippen molar-refractivity contribution in [2.45, 2.75) is 13.3 Å². The van der Waals surface area contributed by atoms with Crippen molar-refractivity contribution >= 4 is 34.8 Å². The smallest absolute Gasteiger partial charge is 0.229 e. The van der Waals surface area contributed by atoms with Gasteiger partial charge in [0.15, 0.2) is 0 Å². The maximum absolute atomic E-state index is 14.0. The molecule has 3 rings (SSSR count). The number of aryl methyl sites for hydroxylation is 1. The van der Waals surface area contributed by atoms with Crippen LogP contribution in [-0.4, -0.2) is 25.5 Å². The van der Waals surface area contributed by atoms with Gasteiger partial charge in [0.25, 0.3) is 0 Å². The molecule has 0 bridgehead atoms. The second-order valence-electron chi connectivity index (χ2n) is 6.27. The lowest BCUT2D eigenvalue weighted by Crippen LogP contribution is -2.29. The average Bonchev–Trinajstić information content (AvgIpc) is 2.99. The van der Waals surface area contributed by atoms with E-state index in [4.69, 9.17) is 16.3 Å². The molecular weight excluding hydrogens is 378 g/mol. The highest BCUT2D eigenvalue weighted by Crippen LogP contribution is 2.33. The number of methoxy groups -OCH3 is 1. The van der Waals surface area contributed by atoms with E-state index < -0.39 is 35.1 Å². The first-order valence-electron chi connectivity index (χ1n) is 8.21. The monoisotopic (exact) mass is 394 g/mol. The Balaban J connectivity index is 1.80. The number of carbonyl (C=O) groups excluding carboxylic acids is 2. The molecule has 1 N–H and O–H groups in total. The number of halogens is 3. The van der Waals surface area contributed by atoms with Crippen LogP contribution < -0.4 is 15.0 Å². The predicted molar refractivity (Wildman–Crippen MR) is 98.2 cm³/mol. The van der Waals surface area contributed by atoms with Gasteiger partial charge in [0.2, 0.25) is 11.8 Å². The van der Waals surface area contributed by atoms with Crippen LogP contribution in [0.1, 0.15) is 12.0 Å². The average molecular weight is 395 g/mol. The first kappa shape index (κ1) is 19.1. The zero-order valence-electron chi connectivity index (χ0n) is 14.7. The number of carbonyl (C=O) groups is 2. The molecule has 0 saturated carbocycles. The highest BCUT2D eigenvalue weighted by molar-refractivity contribution is 6.31. The van der Waals surface area contributed by atoms with Crippen LogP contribution in [0.4, 0.5) is 20.2 Å². The van der Waals surface area contributed by atoms with E-state index in [1.165, 1.54) is 13.2 Å². The minimum absolute atomic E-state index is 0.114. The van der Waals surface area contributed by atoms with Gasteiger partial charge in [0, 0.05) is 24.1 Å². The third kappa shape index (κ3) is 3.73. The molecule has 0 aliphatic carbocycles. The Morgan fingerprint density at radius 1 is 1.30 bits per heavy atom. The molecule has 0 radical (unpaired) electrons. The van der Waals surface area contributed by atoms with Gasteiger partial charge in [0.05, 0.1) is 18.7 Å². The number of rotatable bonds is 4. The molecule has 1 saturated heterocycles. The number of hydrogen-bond donors (Lipinski definition) is 1. The Morgan fingerprint density at radius 2 is 1.96 bits per heavy atom. The zero-order valence-corrected chi connectivity index (χ0v) is 15.4. The van der Waals surface area contributed by atoms with Crippen LogP contribution in [0.3, 0.4) is 0 Å². The van der Waals surface area contributed by atoms with E-state index in [1.807, 2.05) is 0 Å². The molecule has 1 fully saturated rings. The van der Waals surface area contributed by atoms with Crippen molar-refractivity contribution in [1.82, 2.24) is 0 Å². The quantitative estimate of drug-likeness (QED) is 0.854.